The molecule has 8 heteroatoms. The Morgan fingerprint density at radius 2 is 1.69 bits per heavy atom. The van der Waals surface area contributed by atoms with Crippen molar-refractivity contribution in [3.63, 3.8) is 0 Å². The molecular weight excluding hydrogens is 470 g/mol. The van der Waals surface area contributed by atoms with E-state index in [1.165, 1.54) is 24.6 Å². The number of nitrogens with one attached hydrogen (secondary N) is 1. The predicted octanol–water partition coefficient (Wildman–Crippen LogP) is 5.34. The Morgan fingerprint density at radius 3 is 2.42 bits per heavy atom. The topological polar surface area (TPSA) is 72.3 Å². The van der Waals surface area contributed by atoms with E-state index >= 15 is 0 Å². The van der Waals surface area contributed by atoms with Crippen LogP contribution >= 0.6 is 11.8 Å². The fraction of sp³-hybridized carbons (Fsp3) is 0.250. The summed E-state index contributed by atoms with van der Waals surface area (Å²) in [5.41, 5.74) is 2.56. The first-order valence-corrected chi connectivity index (χ1v) is 13.0. The third-order valence-corrected chi connectivity index (χ3v) is 7.38. The number of hydrogen-bond acceptors (Lipinski definition) is 6. The number of nitrogens with zero attached hydrogens (tertiary/aromatic N) is 4. The summed E-state index contributed by atoms with van der Waals surface area (Å²) in [5, 5.41) is 12.4. The molecule has 1 atom stereocenters. The van der Waals surface area contributed by atoms with Gasteiger partial charge in [0.25, 0.3) is 0 Å². The molecule has 0 aliphatic carbocycles. The van der Waals surface area contributed by atoms with Crippen molar-refractivity contribution in [2.75, 3.05) is 25.5 Å². The number of thioether (sulfide) groups is 1. The van der Waals surface area contributed by atoms with E-state index in [2.05, 4.69) is 37.1 Å². The molecule has 1 N–H and O–H groups in total. The summed E-state index contributed by atoms with van der Waals surface area (Å²) in [5.74, 6) is 1.43. The van der Waals surface area contributed by atoms with Gasteiger partial charge in [0, 0.05) is 17.4 Å². The van der Waals surface area contributed by atoms with Crippen molar-refractivity contribution in [1.82, 2.24) is 19.7 Å². The van der Waals surface area contributed by atoms with Crippen molar-refractivity contribution in [1.29, 1.82) is 0 Å². The lowest BCUT2D eigenvalue weighted by molar-refractivity contribution is -0.115. The van der Waals surface area contributed by atoms with Gasteiger partial charge >= 0.3 is 0 Å². The van der Waals surface area contributed by atoms with E-state index in [9.17, 15) is 4.79 Å². The molecule has 4 aromatic rings. The van der Waals surface area contributed by atoms with Crippen LogP contribution < -0.4 is 10.1 Å². The molecule has 1 aliphatic heterocycles. The summed E-state index contributed by atoms with van der Waals surface area (Å²) in [6, 6.07) is 27.3. The van der Waals surface area contributed by atoms with Crippen molar-refractivity contribution in [2.45, 2.75) is 29.8 Å². The molecule has 3 aromatic carbocycles. The van der Waals surface area contributed by atoms with Crippen LogP contribution in [-0.4, -0.2) is 45.8 Å². The molecule has 0 saturated carbocycles. The number of carbonyl (C=O) groups is 1. The van der Waals surface area contributed by atoms with Gasteiger partial charge in [0.05, 0.1) is 13.7 Å². The Bertz CT molecular complexity index is 1290. The van der Waals surface area contributed by atoms with Crippen LogP contribution in [0, 0.1) is 0 Å². The first-order valence-electron chi connectivity index (χ1n) is 12.1. The van der Waals surface area contributed by atoms with Crippen molar-refractivity contribution >= 4 is 23.4 Å². The molecule has 1 saturated heterocycles. The van der Waals surface area contributed by atoms with E-state index in [-0.39, 0.29) is 5.91 Å². The fourth-order valence-electron chi connectivity index (χ4n) is 4.37. The lowest BCUT2D eigenvalue weighted by Gasteiger charge is -2.19. The number of amides is 1. The van der Waals surface area contributed by atoms with Crippen LogP contribution in [0.2, 0.25) is 0 Å². The highest BCUT2D eigenvalue weighted by molar-refractivity contribution is 8.00. The number of anilines is 1. The molecule has 0 unspecified atom stereocenters. The molecule has 2 heterocycles. The Hall–Kier alpha value is -3.62. The van der Waals surface area contributed by atoms with Crippen molar-refractivity contribution in [3.8, 4) is 11.4 Å². The maximum absolute atomic E-state index is 13.6. The number of para-hydroxylation sites is 1. The van der Waals surface area contributed by atoms with Gasteiger partial charge in [0.1, 0.15) is 11.0 Å². The Morgan fingerprint density at radius 1 is 0.972 bits per heavy atom. The van der Waals surface area contributed by atoms with Crippen LogP contribution in [0.25, 0.3) is 5.69 Å². The van der Waals surface area contributed by atoms with Crippen LogP contribution in [-0.2, 0) is 11.3 Å². The molecule has 0 radical (unpaired) electrons. The molecule has 0 spiro atoms. The Labute approximate surface area is 215 Å². The van der Waals surface area contributed by atoms with Gasteiger partial charge in [0.2, 0.25) is 5.91 Å². The zero-order valence-electron chi connectivity index (χ0n) is 20.2. The molecular formula is C28H29N5O2S. The summed E-state index contributed by atoms with van der Waals surface area (Å²) < 4.78 is 7.40. The highest BCUT2D eigenvalue weighted by Gasteiger charge is 2.27. The first kappa shape index (κ1) is 24.1. The van der Waals surface area contributed by atoms with E-state index in [1.807, 2.05) is 72.8 Å². The first-order chi connectivity index (χ1) is 17.7. The predicted molar refractivity (Wildman–Crippen MR) is 143 cm³/mol. The number of aromatic nitrogens is 3. The van der Waals surface area contributed by atoms with Crippen LogP contribution in [0.3, 0.4) is 0 Å². The molecule has 1 fully saturated rings. The second kappa shape index (κ2) is 11.4. The van der Waals surface area contributed by atoms with E-state index < -0.39 is 5.25 Å². The summed E-state index contributed by atoms with van der Waals surface area (Å²) in [7, 11) is 1.61. The average molecular weight is 500 g/mol. The van der Waals surface area contributed by atoms with E-state index in [0.29, 0.717) is 16.6 Å². The van der Waals surface area contributed by atoms with Crippen molar-refractivity contribution in [2.24, 2.45) is 0 Å². The second-order valence-corrected chi connectivity index (χ2v) is 9.76. The van der Waals surface area contributed by atoms with Gasteiger partial charge in [0.15, 0.2) is 11.0 Å². The summed E-state index contributed by atoms with van der Waals surface area (Å²) >= 11 is 1.41. The van der Waals surface area contributed by atoms with Gasteiger partial charge < -0.3 is 10.1 Å². The highest BCUT2D eigenvalue weighted by atomic mass is 32.2. The minimum Gasteiger partial charge on any atom is -0.497 e. The largest absolute Gasteiger partial charge is 0.497 e. The van der Waals surface area contributed by atoms with Crippen LogP contribution in [0.1, 0.15) is 29.5 Å². The lowest BCUT2D eigenvalue weighted by atomic mass is 10.1. The number of ether oxygens (including phenoxy) is 1. The number of likely N-dealkylation sites (tertiary alicyclic amines) is 1. The van der Waals surface area contributed by atoms with Gasteiger partial charge in [-0.1, -0.05) is 66.4 Å². The van der Waals surface area contributed by atoms with Gasteiger partial charge in [-0.25, -0.2) is 0 Å². The SMILES string of the molecule is COc1cccc(NC(=O)[C@H](Sc2nnc(CN3CCCC3)n2-c2ccccc2)c2ccccc2)c1. The Balaban J connectivity index is 1.48. The molecule has 184 valence electrons. The van der Waals surface area contributed by atoms with Gasteiger partial charge in [-0.2, -0.15) is 0 Å². The average Bonchev–Trinajstić information content (AvgIpc) is 3.58. The molecule has 0 bridgehead atoms. The standard InChI is InChI=1S/C28H29N5O2S/c1-35-24-16-10-13-22(19-24)29-27(34)26(21-11-4-2-5-12-21)36-28-31-30-25(20-32-17-8-9-18-32)33(28)23-14-6-3-7-15-23/h2-7,10-16,19,26H,8-9,17-18,20H2,1H3,(H,29,34)/t26-/m1/s1. The number of hydrogen-bond donors (Lipinski definition) is 1. The van der Waals surface area contributed by atoms with Crippen molar-refractivity contribution < 1.29 is 9.53 Å². The quantitative estimate of drug-likeness (QED) is 0.313. The maximum atomic E-state index is 13.6. The third kappa shape index (κ3) is 5.61. The van der Waals surface area contributed by atoms with E-state index in [4.69, 9.17) is 4.74 Å². The van der Waals surface area contributed by atoms with E-state index in [0.717, 1.165) is 36.7 Å². The minimum absolute atomic E-state index is 0.136. The van der Waals surface area contributed by atoms with Gasteiger partial charge in [-0.3, -0.25) is 14.3 Å². The molecule has 1 amide bonds. The number of benzene rings is 3. The molecule has 36 heavy (non-hydrogen) atoms. The van der Waals surface area contributed by atoms with Gasteiger partial charge in [-0.15, -0.1) is 10.2 Å². The summed E-state index contributed by atoms with van der Waals surface area (Å²) in [6.45, 7) is 2.87. The van der Waals surface area contributed by atoms with Crippen LogP contribution in [0.15, 0.2) is 90.1 Å². The van der Waals surface area contributed by atoms with Crippen LogP contribution in [0.4, 0.5) is 5.69 Å². The number of rotatable bonds is 9. The summed E-state index contributed by atoms with van der Waals surface area (Å²) in [6.07, 6.45) is 2.42. The molecule has 1 aliphatic rings. The molecule has 7 nitrogen and oxygen atoms in total. The Kier molecular flexibility index (Phi) is 7.64. The number of methoxy groups -OCH3 is 1. The third-order valence-electron chi connectivity index (χ3n) is 6.18. The number of carbonyl (C=O) groups excluding carboxylic acids is 1. The van der Waals surface area contributed by atoms with Crippen LogP contribution in [0.5, 0.6) is 5.75 Å². The minimum atomic E-state index is -0.524. The zero-order valence-corrected chi connectivity index (χ0v) is 21.0. The van der Waals surface area contributed by atoms with E-state index in [1.54, 1.807) is 7.11 Å². The van der Waals surface area contributed by atoms with Crippen molar-refractivity contribution in [3.05, 3.63) is 96.3 Å². The summed E-state index contributed by atoms with van der Waals surface area (Å²) in [4.78, 5) is 16.0. The fourth-order valence-corrected chi connectivity index (χ4v) is 5.45. The monoisotopic (exact) mass is 499 g/mol. The normalized spacial score (nSPS) is 14.5. The lowest BCUT2D eigenvalue weighted by Crippen LogP contribution is -2.21. The zero-order chi connectivity index (χ0) is 24.7. The highest BCUT2D eigenvalue weighted by Crippen LogP contribution is 2.37. The van der Waals surface area contributed by atoms with Gasteiger partial charge in [-0.05, 0) is 55.8 Å². The molecule has 1 aromatic heterocycles. The maximum Gasteiger partial charge on any atom is 0.242 e. The molecule has 5 rings (SSSR count). The second-order valence-electron chi connectivity index (χ2n) is 8.68. The smallest absolute Gasteiger partial charge is 0.242 e.